The minimum Gasteiger partial charge on any atom is -0.493 e. The minimum atomic E-state index is 0.229. The van der Waals surface area contributed by atoms with E-state index >= 15 is 0 Å². The third-order valence-electron chi connectivity index (χ3n) is 5.55. The van der Waals surface area contributed by atoms with Crippen molar-refractivity contribution in [2.24, 2.45) is 0 Å². The second-order valence-electron chi connectivity index (χ2n) is 7.70. The van der Waals surface area contributed by atoms with E-state index in [9.17, 15) is 0 Å². The van der Waals surface area contributed by atoms with Crippen LogP contribution in [0.2, 0.25) is 15.1 Å². The number of benzene rings is 3. The Morgan fingerprint density at radius 2 is 1.71 bits per heavy atom. The predicted octanol–water partition coefficient (Wildman–Crippen LogP) is 7.45. The van der Waals surface area contributed by atoms with E-state index in [0.29, 0.717) is 33.1 Å². The van der Waals surface area contributed by atoms with Gasteiger partial charge in [0, 0.05) is 45.4 Å². The van der Waals surface area contributed by atoms with Gasteiger partial charge in [-0.05, 0) is 48.0 Å². The summed E-state index contributed by atoms with van der Waals surface area (Å²) in [4.78, 5) is 2.24. The average Bonchev–Trinajstić information content (AvgIpc) is 2.83. The number of methoxy groups -OCH3 is 1. The molecule has 0 aromatic heterocycles. The number of anilines is 2. The molecule has 0 spiro atoms. The van der Waals surface area contributed by atoms with Gasteiger partial charge in [0.05, 0.1) is 31.0 Å². The molecule has 0 amide bonds. The number of halogens is 4. The van der Waals surface area contributed by atoms with Gasteiger partial charge in [-0.2, -0.15) is 0 Å². The SMILES string of the molecule is COc1cc(CNc2ccc(N3CCOCC3)c(Cl)c2)c(Br)cc1OCc1c(Cl)cccc1Cl. The van der Waals surface area contributed by atoms with Crippen LogP contribution < -0.4 is 19.7 Å². The molecule has 180 valence electrons. The zero-order chi connectivity index (χ0) is 24.1. The van der Waals surface area contributed by atoms with Crippen molar-refractivity contribution in [2.75, 3.05) is 43.6 Å². The number of morpholine rings is 1. The first kappa shape index (κ1) is 25.3. The van der Waals surface area contributed by atoms with Crippen molar-refractivity contribution in [3.8, 4) is 11.5 Å². The average molecular weight is 587 g/mol. The van der Waals surface area contributed by atoms with Gasteiger partial charge in [-0.3, -0.25) is 0 Å². The summed E-state index contributed by atoms with van der Waals surface area (Å²) in [5.41, 5.74) is 3.69. The molecule has 3 aromatic carbocycles. The Labute approximate surface area is 223 Å². The Bertz CT molecular complexity index is 1140. The maximum atomic E-state index is 6.56. The molecular formula is C25H24BrCl3N2O3. The molecule has 0 saturated carbocycles. The summed E-state index contributed by atoms with van der Waals surface area (Å²) in [5.74, 6) is 1.20. The van der Waals surface area contributed by atoms with Crippen LogP contribution in [0, 0.1) is 0 Å². The number of hydrogen-bond acceptors (Lipinski definition) is 5. The normalized spacial score (nSPS) is 13.6. The molecule has 1 aliphatic rings. The van der Waals surface area contributed by atoms with Gasteiger partial charge < -0.3 is 24.4 Å². The summed E-state index contributed by atoms with van der Waals surface area (Å²) in [7, 11) is 1.61. The van der Waals surface area contributed by atoms with Crippen molar-refractivity contribution in [1.82, 2.24) is 0 Å². The maximum Gasteiger partial charge on any atom is 0.162 e. The lowest BCUT2D eigenvalue weighted by molar-refractivity contribution is 0.122. The topological polar surface area (TPSA) is 43.0 Å². The van der Waals surface area contributed by atoms with E-state index in [-0.39, 0.29) is 6.61 Å². The molecule has 3 aromatic rings. The Morgan fingerprint density at radius 3 is 2.38 bits per heavy atom. The monoisotopic (exact) mass is 584 g/mol. The molecule has 4 rings (SSSR count). The molecule has 0 bridgehead atoms. The highest BCUT2D eigenvalue weighted by Crippen LogP contribution is 2.36. The molecule has 1 heterocycles. The van der Waals surface area contributed by atoms with E-state index in [2.05, 4.69) is 26.1 Å². The van der Waals surface area contributed by atoms with Gasteiger partial charge in [-0.1, -0.05) is 56.8 Å². The second kappa shape index (κ2) is 11.7. The lowest BCUT2D eigenvalue weighted by Crippen LogP contribution is -2.36. The fourth-order valence-corrected chi connectivity index (χ4v) is 4.95. The summed E-state index contributed by atoms with van der Waals surface area (Å²) in [6.45, 7) is 3.93. The van der Waals surface area contributed by atoms with Crippen LogP contribution in [0.25, 0.3) is 0 Å². The van der Waals surface area contributed by atoms with Crippen LogP contribution in [-0.4, -0.2) is 33.4 Å². The van der Waals surface area contributed by atoms with E-state index in [1.807, 2.05) is 30.3 Å². The molecule has 1 aliphatic heterocycles. The van der Waals surface area contributed by atoms with Crippen molar-refractivity contribution >= 4 is 62.1 Å². The van der Waals surface area contributed by atoms with Gasteiger partial charge in [-0.25, -0.2) is 0 Å². The fourth-order valence-electron chi connectivity index (χ4n) is 3.68. The van der Waals surface area contributed by atoms with Crippen LogP contribution in [0.4, 0.5) is 11.4 Å². The van der Waals surface area contributed by atoms with Crippen molar-refractivity contribution in [3.05, 3.63) is 79.2 Å². The van der Waals surface area contributed by atoms with Crippen LogP contribution in [0.15, 0.2) is 53.0 Å². The van der Waals surface area contributed by atoms with Crippen LogP contribution >= 0.6 is 50.7 Å². The Kier molecular flexibility index (Phi) is 8.72. The standard InChI is InChI=1S/C25H24BrCl3N2O3/c1-32-24-11-16(19(26)13-25(24)34-15-18-20(27)3-2-4-21(18)28)14-30-17-5-6-23(22(29)12-17)31-7-9-33-10-8-31/h2-6,11-13,30H,7-10,14-15H2,1H3. The predicted molar refractivity (Wildman–Crippen MR) is 143 cm³/mol. The summed E-state index contributed by atoms with van der Waals surface area (Å²) in [6, 6.07) is 15.2. The number of nitrogens with one attached hydrogen (secondary N) is 1. The van der Waals surface area contributed by atoms with Gasteiger partial charge in [0.15, 0.2) is 11.5 Å². The lowest BCUT2D eigenvalue weighted by atomic mass is 10.2. The molecule has 9 heteroatoms. The molecule has 0 unspecified atom stereocenters. The lowest BCUT2D eigenvalue weighted by Gasteiger charge is -2.29. The highest BCUT2D eigenvalue weighted by molar-refractivity contribution is 9.10. The fraction of sp³-hybridized carbons (Fsp3) is 0.280. The number of hydrogen-bond donors (Lipinski definition) is 1. The van der Waals surface area contributed by atoms with Gasteiger partial charge >= 0.3 is 0 Å². The van der Waals surface area contributed by atoms with Gasteiger partial charge in [-0.15, -0.1) is 0 Å². The Hall–Kier alpha value is -1.83. The number of rotatable bonds is 8. The molecule has 0 aliphatic carbocycles. The molecular weight excluding hydrogens is 563 g/mol. The zero-order valence-electron chi connectivity index (χ0n) is 18.5. The minimum absolute atomic E-state index is 0.229. The van der Waals surface area contributed by atoms with Crippen molar-refractivity contribution in [2.45, 2.75) is 13.2 Å². The first-order valence-electron chi connectivity index (χ1n) is 10.7. The molecule has 0 radical (unpaired) electrons. The van der Waals surface area contributed by atoms with Gasteiger partial charge in [0.2, 0.25) is 0 Å². The van der Waals surface area contributed by atoms with Crippen LogP contribution in [0.3, 0.4) is 0 Å². The number of nitrogens with zero attached hydrogens (tertiary/aromatic N) is 1. The molecule has 5 nitrogen and oxygen atoms in total. The first-order valence-corrected chi connectivity index (χ1v) is 12.7. The maximum absolute atomic E-state index is 6.56. The second-order valence-corrected chi connectivity index (χ2v) is 9.78. The summed E-state index contributed by atoms with van der Waals surface area (Å²) in [6.07, 6.45) is 0. The van der Waals surface area contributed by atoms with Crippen LogP contribution in [-0.2, 0) is 17.9 Å². The largest absolute Gasteiger partial charge is 0.493 e. The van der Waals surface area contributed by atoms with Crippen LogP contribution in [0.5, 0.6) is 11.5 Å². The van der Waals surface area contributed by atoms with Gasteiger partial charge in [0.1, 0.15) is 6.61 Å². The quantitative estimate of drug-likeness (QED) is 0.297. The molecule has 1 N–H and O–H groups in total. The third kappa shape index (κ3) is 6.04. The summed E-state index contributed by atoms with van der Waals surface area (Å²) in [5, 5.41) is 5.26. The van der Waals surface area contributed by atoms with Crippen LogP contribution in [0.1, 0.15) is 11.1 Å². The first-order chi connectivity index (χ1) is 16.5. The van der Waals surface area contributed by atoms with Crippen molar-refractivity contribution in [1.29, 1.82) is 0 Å². The highest BCUT2D eigenvalue weighted by atomic mass is 79.9. The van der Waals surface area contributed by atoms with E-state index in [1.54, 1.807) is 25.3 Å². The Balaban J connectivity index is 1.44. The Morgan fingerprint density at radius 1 is 0.971 bits per heavy atom. The molecule has 0 atom stereocenters. The summed E-state index contributed by atoms with van der Waals surface area (Å²) < 4.78 is 17.9. The number of ether oxygens (including phenoxy) is 3. The van der Waals surface area contributed by atoms with Crippen molar-refractivity contribution in [3.63, 3.8) is 0 Å². The zero-order valence-corrected chi connectivity index (χ0v) is 22.4. The van der Waals surface area contributed by atoms with Gasteiger partial charge in [0.25, 0.3) is 0 Å². The summed E-state index contributed by atoms with van der Waals surface area (Å²) >= 11 is 22.7. The van der Waals surface area contributed by atoms with Crippen molar-refractivity contribution < 1.29 is 14.2 Å². The molecule has 1 saturated heterocycles. The molecule has 1 fully saturated rings. The third-order valence-corrected chi connectivity index (χ3v) is 7.30. The van der Waals surface area contributed by atoms with E-state index in [1.165, 1.54) is 0 Å². The van der Waals surface area contributed by atoms with E-state index in [0.717, 1.165) is 53.3 Å². The highest BCUT2D eigenvalue weighted by Gasteiger charge is 2.16. The molecule has 34 heavy (non-hydrogen) atoms. The van der Waals surface area contributed by atoms with E-state index < -0.39 is 0 Å². The smallest absolute Gasteiger partial charge is 0.162 e. The van der Waals surface area contributed by atoms with E-state index in [4.69, 9.17) is 49.0 Å².